The zero-order valence-corrected chi connectivity index (χ0v) is 14.2. The molecular weight excluding hydrogens is 356 g/mol. The van der Waals surface area contributed by atoms with Crippen LogP contribution in [0.3, 0.4) is 0 Å². The number of nitrogens with zero attached hydrogens (tertiary/aromatic N) is 1. The highest BCUT2D eigenvalue weighted by molar-refractivity contribution is 9.10. The number of anilines is 1. The number of aromatic nitrogens is 1. The minimum atomic E-state index is 0.581. The number of pyridine rings is 1. The first-order valence-electron chi connectivity index (χ1n) is 6.48. The molecule has 0 amide bonds. The van der Waals surface area contributed by atoms with Gasteiger partial charge in [0.15, 0.2) is 11.5 Å². The van der Waals surface area contributed by atoms with Crippen molar-refractivity contribution >= 4 is 33.2 Å². The summed E-state index contributed by atoms with van der Waals surface area (Å²) in [5.41, 5.74) is 1.84. The number of halogens is 2. The Bertz CT molecular complexity index is 623. The van der Waals surface area contributed by atoms with Gasteiger partial charge in [-0.2, -0.15) is 0 Å². The van der Waals surface area contributed by atoms with Crippen LogP contribution in [0, 0.1) is 0 Å². The molecule has 0 saturated carbocycles. The van der Waals surface area contributed by atoms with Crippen molar-refractivity contribution in [3.05, 3.63) is 45.7 Å². The molecule has 6 heteroatoms. The van der Waals surface area contributed by atoms with Crippen molar-refractivity contribution in [2.45, 2.75) is 13.5 Å². The molecule has 1 aromatic carbocycles. The van der Waals surface area contributed by atoms with Crippen molar-refractivity contribution in [1.82, 2.24) is 4.98 Å². The first-order valence-corrected chi connectivity index (χ1v) is 7.65. The van der Waals surface area contributed by atoms with Gasteiger partial charge in [-0.25, -0.2) is 0 Å². The van der Waals surface area contributed by atoms with Crippen LogP contribution in [0.1, 0.15) is 12.5 Å². The fourth-order valence-electron chi connectivity index (χ4n) is 1.86. The third-order valence-electron chi connectivity index (χ3n) is 2.83. The van der Waals surface area contributed by atoms with Crippen LogP contribution in [0.4, 0.5) is 5.69 Å². The molecule has 2 rings (SSSR count). The van der Waals surface area contributed by atoms with E-state index in [0.29, 0.717) is 29.7 Å². The largest absolute Gasteiger partial charge is 0.493 e. The highest BCUT2D eigenvalue weighted by atomic mass is 79.9. The zero-order chi connectivity index (χ0) is 15.2. The van der Waals surface area contributed by atoms with Crippen LogP contribution in [-0.2, 0) is 6.54 Å². The van der Waals surface area contributed by atoms with Gasteiger partial charge in [0.1, 0.15) is 0 Å². The van der Waals surface area contributed by atoms with Crippen LogP contribution in [0.2, 0.25) is 5.02 Å². The Morgan fingerprint density at radius 1 is 1.38 bits per heavy atom. The predicted octanol–water partition coefficient (Wildman–Crippen LogP) is 4.52. The predicted molar refractivity (Wildman–Crippen MR) is 88.4 cm³/mol. The van der Waals surface area contributed by atoms with E-state index < -0.39 is 0 Å². The van der Waals surface area contributed by atoms with E-state index in [9.17, 15) is 0 Å². The van der Waals surface area contributed by atoms with Gasteiger partial charge in [-0.3, -0.25) is 4.98 Å². The molecule has 4 nitrogen and oxygen atoms in total. The van der Waals surface area contributed by atoms with E-state index >= 15 is 0 Å². The van der Waals surface area contributed by atoms with Crippen molar-refractivity contribution in [2.24, 2.45) is 0 Å². The van der Waals surface area contributed by atoms with Crippen LogP contribution in [0.5, 0.6) is 11.5 Å². The standard InChI is InChI=1S/C15H16BrClN2O2/c1-3-21-15-11(16)6-10(7-14(15)20-2)8-19-13-9-18-5-4-12(13)17/h4-7,9,19H,3,8H2,1-2H3. The number of benzene rings is 1. The summed E-state index contributed by atoms with van der Waals surface area (Å²) >= 11 is 9.60. The molecule has 0 fully saturated rings. The number of nitrogens with one attached hydrogen (secondary N) is 1. The second-order valence-electron chi connectivity index (χ2n) is 4.25. The Morgan fingerprint density at radius 2 is 2.19 bits per heavy atom. The van der Waals surface area contributed by atoms with E-state index in [1.54, 1.807) is 25.6 Å². The second-order valence-corrected chi connectivity index (χ2v) is 5.51. The van der Waals surface area contributed by atoms with Gasteiger partial charge < -0.3 is 14.8 Å². The molecule has 0 unspecified atom stereocenters. The molecular formula is C15H16BrClN2O2. The quantitative estimate of drug-likeness (QED) is 0.811. The molecule has 0 aliphatic heterocycles. The van der Waals surface area contributed by atoms with Gasteiger partial charge >= 0.3 is 0 Å². The lowest BCUT2D eigenvalue weighted by molar-refractivity contribution is 0.308. The average Bonchev–Trinajstić information content (AvgIpc) is 2.48. The normalized spacial score (nSPS) is 10.3. The highest BCUT2D eigenvalue weighted by Crippen LogP contribution is 2.36. The summed E-state index contributed by atoms with van der Waals surface area (Å²) < 4.78 is 11.8. The minimum Gasteiger partial charge on any atom is -0.493 e. The molecule has 0 saturated heterocycles. The van der Waals surface area contributed by atoms with Crippen molar-refractivity contribution in [3.63, 3.8) is 0 Å². The Balaban J connectivity index is 2.17. The number of methoxy groups -OCH3 is 1. The molecule has 2 aromatic rings. The van der Waals surface area contributed by atoms with E-state index in [4.69, 9.17) is 21.1 Å². The van der Waals surface area contributed by atoms with Gasteiger partial charge in [0.2, 0.25) is 0 Å². The SMILES string of the molecule is CCOc1c(Br)cc(CNc2cnccc2Cl)cc1OC. The Hall–Kier alpha value is -1.46. The molecule has 1 N–H and O–H groups in total. The van der Waals surface area contributed by atoms with Gasteiger partial charge in [-0.1, -0.05) is 11.6 Å². The maximum Gasteiger partial charge on any atom is 0.175 e. The minimum absolute atomic E-state index is 0.581. The van der Waals surface area contributed by atoms with Crippen LogP contribution >= 0.6 is 27.5 Å². The lowest BCUT2D eigenvalue weighted by Crippen LogP contribution is -2.03. The highest BCUT2D eigenvalue weighted by Gasteiger charge is 2.11. The number of hydrogen-bond acceptors (Lipinski definition) is 4. The Morgan fingerprint density at radius 3 is 2.86 bits per heavy atom. The first-order chi connectivity index (χ1) is 10.2. The number of hydrogen-bond donors (Lipinski definition) is 1. The third-order valence-corrected chi connectivity index (χ3v) is 3.75. The molecule has 112 valence electrons. The third kappa shape index (κ3) is 4.02. The van der Waals surface area contributed by atoms with Gasteiger partial charge in [-0.15, -0.1) is 0 Å². The molecule has 1 aromatic heterocycles. The lowest BCUT2D eigenvalue weighted by Gasteiger charge is -2.14. The second kappa shape index (κ2) is 7.52. The summed E-state index contributed by atoms with van der Waals surface area (Å²) in [4.78, 5) is 4.05. The maximum absolute atomic E-state index is 6.09. The van der Waals surface area contributed by atoms with Gasteiger partial charge in [-0.05, 0) is 46.6 Å². The van der Waals surface area contributed by atoms with Crippen LogP contribution < -0.4 is 14.8 Å². The smallest absolute Gasteiger partial charge is 0.175 e. The number of ether oxygens (including phenoxy) is 2. The molecule has 0 spiro atoms. The molecule has 0 aliphatic carbocycles. The topological polar surface area (TPSA) is 43.4 Å². The van der Waals surface area contributed by atoms with Crippen LogP contribution in [-0.4, -0.2) is 18.7 Å². The Labute approximate surface area is 137 Å². The van der Waals surface area contributed by atoms with Crippen LogP contribution in [0.15, 0.2) is 35.1 Å². The van der Waals surface area contributed by atoms with Gasteiger partial charge in [0.05, 0.1) is 35.1 Å². The average molecular weight is 372 g/mol. The summed E-state index contributed by atoms with van der Waals surface area (Å²) in [7, 11) is 1.62. The molecule has 0 radical (unpaired) electrons. The summed E-state index contributed by atoms with van der Waals surface area (Å²) in [6.07, 6.45) is 3.35. The van der Waals surface area contributed by atoms with Crippen molar-refractivity contribution in [1.29, 1.82) is 0 Å². The first kappa shape index (κ1) is 15.9. The molecule has 0 aliphatic rings. The summed E-state index contributed by atoms with van der Waals surface area (Å²) in [5, 5.41) is 3.89. The fraction of sp³-hybridized carbons (Fsp3) is 0.267. The molecule has 0 atom stereocenters. The lowest BCUT2D eigenvalue weighted by atomic mass is 10.2. The van der Waals surface area contributed by atoms with E-state index in [0.717, 1.165) is 15.7 Å². The summed E-state index contributed by atoms with van der Waals surface area (Å²) in [5.74, 6) is 1.41. The van der Waals surface area contributed by atoms with Crippen molar-refractivity contribution < 1.29 is 9.47 Å². The Kier molecular flexibility index (Phi) is 5.70. The fourth-order valence-corrected chi connectivity index (χ4v) is 2.64. The molecule has 1 heterocycles. The van der Waals surface area contributed by atoms with Crippen molar-refractivity contribution in [3.8, 4) is 11.5 Å². The van der Waals surface area contributed by atoms with E-state index in [-0.39, 0.29) is 0 Å². The van der Waals surface area contributed by atoms with Gasteiger partial charge in [0, 0.05) is 12.7 Å². The zero-order valence-electron chi connectivity index (χ0n) is 11.8. The van der Waals surface area contributed by atoms with Crippen LogP contribution in [0.25, 0.3) is 0 Å². The van der Waals surface area contributed by atoms with Crippen molar-refractivity contribution in [2.75, 3.05) is 19.0 Å². The monoisotopic (exact) mass is 370 g/mol. The number of rotatable bonds is 6. The molecule has 0 bridgehead atoms. The van der Waals surface area contributed by atoms with E-state index in [1.807, 2.05) is 19.1 Å². The molecule has 21 heavy (non-hydrogen) atoms. The summed E-state index contributed by atoms with van der Waals surface area (Å²) in [6, 6.07) is 5.68. The van der Waals surface area contributed by atoms with Gasteiger partial charge in [0.25, 0.3) is 0 Å². The maximum atomic E-state index is 6.09. The van der Waals surface area contributed by atoms with E-state index in [1.165, 1.54) is 0 Å². The van der Waals surface area contributed by atoms with E-state index in [2.05, 4.69) is 26.2 Å². The summed E-state index contributed by atoms with van der Waals surface area (Å²) in [6.45, 7) is 3.12.